The van der Waals surface area contributed by atoms with Crippen molar-refractivity contribution >= 4 is 5.78 Å². The van der Waals surface area contributed by atoms with Gasteiger partial charge in [-0.2, -0.15) is 0 Å². The number of allylic oxidation sites excluding steroid dienone is 1. The monoisotopic (exact) mass is 685 g/mol. The molecule has 0 bridgehead atoms. The fourth-order valence-corrected chi connectivity index (χ4v) is 8.85. The van der Waals surface area contributed by atoms with Gasteiger partial charge in [-0.25, -0.2) is 4.98 Å². The number of fused-ring (bicyclic) bond motifs is 3. The molecule has 0 spiro atoms. The zero-order valence-electron chi connectivity index (χ0n) is 30.6. The van der Waals surface area contributed by atoms with Gasteiger partial charge in [0.05, 0.1) is 12.6 Å². The minimum atomic E-state index is -1.08. The Morgan fingerprint density at radius 2 is 1.78 bits per heavy atom. The summed E-state index contributed by atoms with van der Waals surface area (Å²) in [5.74, 6) is 1.49. The summed E-state index contributed by atoms with van der Waals surface area (Å²) in [5.41, 5.74) is 10.8. The number of rotatable bonds is 10. The number of ether oxygens (including phenoxy) is 1. The topological polar surface area (TPSA) is 73.8 Å². The number of hydrogen-bond donors (Lipinski definition) is 1. The largest absolute Gasteiger partial charge is 0.478 e. The van der Waals surface area contributed by atoms with Gasteiger partial charge in [0.15, 0.2) is 11.5 Å². The van der Waals surface area contributed by atoms with E-state index in [0.717, 1.165) is 90.6 Å². The van der Waals surface area contributed by atoms with Gasteiger partial charge < -0.3 is 24.2 Å². The number of aliphatic hydroxyl groups is 1. The molecule has 8 rings (SSSR count). The summed E-state index contributed by atoms with van der Waals surface area (Å²) in [6.07, 6.45) is 7.92. The molecule has 8 nitrogen and oxygen atoms in total. The number of pyridine rings is 1. The van der Waals surface area contributed by atoms with Gasteiger partial charge in [0, 0.05) is 79.1 Å². The molecule has 266 valence electrons. The highest BCUT2D eigenvalue weighted by Crippen LogP contribution is 2.55. The van der Waals surface area contributed by atoms with E-state index in [0.29, 0.717) is 12.5 Å². The van der Waals surface area contributed by atoms with Crippen LogP contribution in [-0.4, -0.2) is 74.5 Å². The number of carbonyl (C=O) groups excluding carboxylic acids is 1. The smallest absolute Gasteiger partial charge is 0.213 e. The third-order valence-corrected chi connectivity index (χ3v) is 12.3. The van der Waals surface area contributed by atoms with E-state index in [2.05, 4.69) is 80.3 Å². The van der Waals surface area contributed by atoms with Crippen LogP contribution in [0.1, 0.15) is 75.6 Å². The lowest BCUT2D eigenvalue weighted by molar-refractivity contribution is 0.0822. The van der Waals surface area contributed by atoms with Crippen LogP contribution in [-0.2, 0) is 45.1 Å². The molecule has 0 radical (unpaired) electrons. The standard InChI is InChI=1S/C43H51N5O3/c1-28(20-32-10-11-42(44-25-32)51-19-15-31-12-16-45(4)17-13-31)47-18-14-34-21-38(40-24-37(30(3)49)29(2)46(40)5)39(22-36(34)26-47)43(50)41-23-33-8-6-7-9-35(33)27-48(41)43/h6-11,21-22,24-25,31,41,50H,1,12-20,23,26-27H2,2-5H3. The quantitative estimate of drug-likeness (QED) is 0.153. The van der Waals surface area contributed by atoms with Gasteiger partial charge in [-0.3, -0.25) is 9.69 Å². The zero-order chi connectivity index (χ0) is 35.4. The Hall–Kier alpha value is -4.24. The summed E-state index contributed by atoms with van der Waals surface area (Å²) >= 11 is 0. The first-order valence-corrected chi connectivity index (χ1v) is 18.7. The molecule has 0 amide bonds. The molecule has 8 heteroatoms. The zero-order valence-corrected chi connectivity index (χ0v) is 30.6. The van der Waals surface area contributed by atoms with Crippen molar-refractivity contribution in [2.45, 2.75) is 77.2 Å². The van der Waals surface area contributed by atoms with Crippen molar-refractivity contribution in [1.82, 2.24) is 24.3 Å². The summed E-state index contributed by atoms with van der Waals surface area (Å²) < 4.78 is 8.13. The van der Waals surface area contributed by atoms with Gasteiger partial charge >= 0.3 is 0 Å². The Bertz CT molecular complexity index is 1940. The third-order valence-electron chi connectivity index (χ3n) is 12.3. The normalized spacial score (nSPS) is 23.0. The summed E-state index contributed by atoms with van der Waals surface area (Å²) in [6.45, 7) is 13.5. The van der Waals surface area contributed by atoms with Gasteiger partial charge in [-0.05, 0) is 118 Å². The Balaban J connectivity index is 1.00. The Labute approximate surface area is 302 Å². The third kappa shape index (κ3) is 6.32. The van der Waals surface area contributed by atoms with Crippen LogP contribution in [0.2, 0.25) is 0 Å². The van der Waals surface area contributed by atoms with Gasteiger partial charge in [0.1, 0.15) is 0 Å². The van der Waals surface area contributed by atoms with Crippen LogP contribution >= 0.6 is 0 Å². The minimum Gasteiger partial charge on any atom is -0.478 e. The number of carbonyl (C=O) groups is 1. The van der Waals surface area contributed by atoms with E-state index in [1.54, 1.807) is 6.92 Å². The summed E-state index contributed by atoms with van der Waals surface area (Å²) in [7, 11) is 4.22. The Morgan fingerprint density at radius 1 is 1.00 bits per heavy atom. The molecule has 3 atom stereocenters. The Morgan fingerprint density at radius 3 is 2.51 bits per heavy atom. The molecule has 4 aliphatic heterocycles. The van der Waals surface area contributed by atoms with Crippen LogP contribution in [0, 0.1) is 12.8 Å². The maximum atomic E-state index is 12.6. The molecule has 1 N–H and O–H groups in total. The second kappa shape index (κ2) is 13.4. The molecule has 4 aliphatic rings. The maximum absolute atomic E-state index is 12.6. The molecule has 51 heavy (non-hydrogen) atoms. The second-order valence-corrected chi connectivity index (χ2v) is 15.5. The number of Topliss-reactive ketones (excluding diaryl/α,β-unsaturated/α-hetero) is 1. The SMILES string of the molecule is C=C(Cc1ccc(OCCC2CCN(C)CC2)nc1)N1CCc2cc(-c3cc(C(C)=O)c(C)n3C)c(C3(O)C4Cc5ccccc5CN43)cc2C1. The lowest BCUT2D eigenvalue weighted by atomic mass is 9.88. The molecule has 2 saturated heterocycles. The molecular weight excluding hydrogens is 635 g/mol. The van der Waals surface area contributed by atoms with Gasteiger partial charge in [0.25, 0.3) is 0 Å². The van der Waals surface area contributed by atoms with E-state index in [9.17, 15) is 9.90 Å². The molecule has 2 aromatic heterocycles. The summed E-state index contributed by atoms with van der Waals surface area (Å²) in [5, 5.41) is 12.6. The number of aromatic nitrogens is 2. The Kier molecular flexibility index (Phi) is 8.89. The van der Waals surface area contributed by atoms with E-state index in [-0.39, 0.29) is 11.8 Å². The predicted octanol–water partition coefficient (Wildman–Crippen LogP) is 6.41. The number of likely N-dealkylation sites (tertiary alicyclic amines) is 1. The molecule has 2 fully saturated rings. The van der Waals surface area contributed by atoms with Crippen molar-refractivity contribution in [2.75, 3.05) is 33.3 Å². The molecule has 3 unspecified atom stereocenters. The van der Waals surface area contributed by atoms with Crippen LogP contribution < -0.4 is 4.74 Å². The van der Waals surface area contributed by atoms with E-state index < -0.39 is 5.72 Å². The number of nitrogens with zero attached hydrogens (tertiary/aromatic N) is 5. The van der Waals surface area contributed by atoms with Crippen molar-refractivity contribution in [3.63, 3.8) is 0 Å². The van der Waals surface area contributed by atoms with Crippen LogP contribution in [0.3, 0.4) is 0 Å². The maximum Gasteiger partial charge on any atom is 0.213 e. The minimum absolute atomic E-state index is 0.0150. The molecule has 0 saturated carbocycles. The first kappa shape index (κ1) is 33.9. The highest BCUT2D eigenvalue weighted by molar-refractivity contribution is 5.97. The first-order valence-electron chi connectivity index (χ1n) is 18.7. The predicted molar refractivity (Wildman–Crippen MR) is 200 cm³/mol. The molecule has 4 aromatic rings. The van der Waals surface area contributed by atoms with Gasteiger partial charge in [-0.15, -0.1) is 0 Å². The second-order valence-electron chi connectivity index (χ2n) is 15.5. The van der Waals surface area contributed by atoms with Crippen molar-refractivity contribution in [2.24, 2.45) is 13.0 Å². The lowest BCUT2D eigenvalue weighted by Crippen LogP contribution is -2.31. The van der Waals surface area contributed by atoms with Crippen molar-refractivity contribution in [3.8, 4) is 17.1 Å². The number of piperidine rings is 1. The molecule has 6 heterocycles. The fraction of sp³-hybridized carbons (Fsp3) is 0.442. The first-order chi connectivity index (χ1) is 24.6. The van der Waals surface area contributed by atoms with Crippen LogP contribution in [0.4, 0.5) is 0 Å². The van der Waals surface area contributed by atoms with E-state index in [4.69, 9.17) is 4.74 Å². The average Bonchev–Trinajstić information content (AvgIpc) is 3.60. The van der Waals surface area contributed by atoms with Crippen LogP contribution in [0.15, 0.2) is 73.1 Å². The summed E-state index contributed by atoms with van der Waals surface area (Å²) in [6, 6.07) is 19.2. The van der Waals surface area contributed by atoms with Crippen molar-refractivity contribution < 1.29 is 14.6 Å². The highest BCUT2D eigenvalue weighted by Gasteiger charge is 2.65. The number of hydrogen-bond acceptors (Lipinski definition) is 7. The van der Waals surface area contributed by atoms with E-state index in [1.807, 2.05) is 32.3 Å². The molecule has 2 aromatic carbocycles. The fourth-order valence-electron chi connectivity index (χ4n) is 8.85. The average molecular weight is 686 g/mol. The lowest BCUT2D eigenvalue weighted by Gasteiger charge is -2.33. The van der Waals surface area contributed by atoms with Crippen molar-refractivity contribution in [1.29, 1.82) is 0 Å². The van der Waals surface area contributed by atoms with E-state index >= 15 is 0 Å². The summed E-state index contributed by atoms with van der Waals surface area (Å²) in [4.78, 5) is 24.2. The van der Waals surface area contributed by atoms with Gasteiger partial charge in [-0.1, -0.05) is 36.9 Å². The number of benzene rings is 2. The number of ketones is 1. The van der Waals surface area contributed by atoms with Crippen molar-refractivity contribution in [3.05, 3.63) is 118 Å². The highest BCUT2D eigenvalue weighted by atomic mass is 16.5. The van der Waals surface area contributed by atoms with E-state index in [1.165, 1.54) is 48.2 Å². The van der Waals surface area contributed by atoms with Crippen LogP contribution in [0.5, 0.6) is 5.88 Å². The van der Waals surface area contributed by atoms with Crippen LogP contribution in [0.25, 0.3) is 11.3 Å². The van der Waals surface area contributed by atoms with Gasteiger partial charge in [0.2, 0.25) is 5.88 Å². The molecule has 0 aliphatic carbocycles. The molecular formula is C43H51N5O3.